The van der Waals surface area contributed by atoms with Gasteiger partial charge >= 0.3 is 5.97 Å². The zero-order chi connectivity index (χ0) is 13.7. The average molecular weight is 262 g/mol. The Balaban J connectivity index is 2.01. The molecule has 1 aliphatic carbocycles. The molecular formula is C14H18N2O3. The SMILES string of the molecule is O=C(Cc1ccccn1)NC1(C(=O)O)CCCCC1. The number of carbonyl (C=O) groups is 2. The van der Waals surface area contributed by atoms with Crippen molar-refractivity contribution in [3.05, 3.63) is 30.1 Å². The second-order valence-electron chi connectivity index (χ2n) is 4.99. The van der Waals surface area contributed by atoms with E-state index in [2.05, 4.69) is 10.3 Å². The summed E-state index contributed by atoms with van der Waals surface area (Å²) in [6.45, 7) is 0. The number of rotatable bonds is 4. The Labute approximate surface area is 112 Å². The van der Waals surface area contributed by atoms with Crippen LogP contribution in [0.2, 0.25) is 0 Å². The van der Waals surface area contributed by atoms with Crippen LogP contribution in [0, 0.1) is 0 Å². The largest absolute Gasteiger partial charge is 0.480 e. The fourth-order valence-corrected chi connectivity index (χ4v) is 2.53. The molecule has 1 aromatic heterocycles. The van der Waals surface area contributed by atoms with Crippen LogP contribution in [0.1, 0.15) is 37.8 Å². The molecule has 0 spiro atoms. The summed E-state index contributed by atoms with van der Waals surface area (Å²) in [7, 11) is 0. The van der Waals surface area contributed by atoms with E-state index in [1.807, 2.05) is 6.07 Å². The molecule has 19 heavy (non-hydrogen) atoms. The molecule has 0 radical (unpaired) electrons. The van der Waals surface area contributed by atoms with Crippen LogP contribution in [0.15, 0.2) is 24.4 Å². The highest BCUT2D eigenvalue weighted by atomic mass is 16.4. The molecule has 0 bridgehead atoms. The minimum atomic E-state index is -1.08. The molecule has 0 saturated heterocycles. The van der Waals surface area contributed by atoms with Gasteiger partial charge in [-0.25, -0.2) is 4.79 Å². The number of carboxylic acids is 1. The number of nitrogens with one attached hydrogen (secondary N) is 1. The van der Waals surface area contributed by atoms with E-state index in [0.717, 1.165) is 19.3 Å². The summed E-state index contributed by atoms with van der Waals surface area (Å²) in [4.78, 5) is 27.5. The molecule has 5 heteroatoms. The zero-order valence-electron chi connectivity index (χ0n) is 10.8. The highest BCUT2D eigenvalue weighted by Crippen LogP contribution is 2.28. The second-order valence-corrected chi connectivity index (χ2v) is 4.99. The third-order valence-corrected chi connectivity index (χ3v) is 3.56. The van der Waals surface area contributed by atoms with Crippen molar-refractivity contribution in [3.63, 3.8) is 0 Å². The number of carbonyl (C=O) groups excluding carboxylic acids is 1. The number of amides is 1. The first kappa shape index (κ1) is 13.5. The van der Waals surface area contributed by atoms with E-state index in [-0.39, 0.29) is 12.3 Å². The summed E-state index contributed by atoms with van der Waals surface area (Å²) in [5.41, 5.74) is -0.430. The van der Waals surface area contributed by atoms with Gasteiger partial charge in [0, 0.05) is 11.9 Å². The highest BCUT2D eigenvalue weighted by molar-refractivity contribution is 5.87. The van der Waals surface area contributed by atoms with Crippen LogP contribution in [0.5, 0.6) is 0 Å². The van der Waals surface area contributed by atoms with Crippen LogP contribution in [0.3, 0.4) is 0 Å². The summed E-state index contributed by atoms with van der Waals surface area (Å²) in [6.07, 6.45) is 5.48. The van der Waals surface area contributed by atoms with Crippen molar-refractivity contribution >= 4 is 11.9 Å². The van der Waals surface area contributed by atoms with E-state index in [1.165, 1.54) is 0 Å². The van der Waals surface area contributed by atoms with Crippen molar-refractivity contribution in [1.29, 1.82) is 0 Å². The maximum absolute atomic E-state index is 12.0. The van der Waals surface area contributed by atoms with E-state index < -0.39 is 11.5 Å². The number of aliphatic carboxylic acids is 1. The van der Waals surface area contributed by atoms with Crippen LogP contribution in [0.4, 0.5) is 0 Å². The molecule has 1 aromatic rings. The minimum Gasteiger partial charge on any atom is -0.480 e. The second kappa shape index (κ2) is 5.82. The van der Waals surface area contributed by atoms with Crippen LogP contribution < -0.4 is 5.32 Å². The summed E-state index contributed by atoms with van der Waals surface area (Å²) in [5, 5.41) is 12.1. The molecule has 1 heterocycles. The van der Waals surface area contributed by atoms with Gasteiger partial charge in [-0.3, -0.25) is 9.78 Å². The maximum atomic E-state index is 12.0. The monoisotopic (exact) mass is 262 g/mol. The fourth-order valence-electron chi connectivity index (χ4n) is 2.53. The van der Waals surface area contributed by atoms with E-state index in [1.54, 1.807) is 18.3 Å². The standard InChI is InChI=1S/C14H18N2O3/c17-12(10-11-6-2-5-9-15-11)16-14(13(18)19)7-3-1-4-8-14/h2,5-6,9H,1,3-4,7-8,10H2,(H,16,17)(H,18,19). The highest BCUT2D eigenvalue weighted by Gasteiger charge is 2.40. The van der Waals surface area contributed by atoms with Gasteiger partial charge in [0.15, 0.2) is 0 Å². The molecule has 1 aliphatic rings. The van der Waals surface area contributed by atoms with Gasteiger partial charge in [0.05, 0.1) is 6.42 Å². The van der Waals surface area contributed by atoms with Gasteiger partial charge in [-0.15, -0.1) is 0 Å². The molecular weight excluding hydrogens is 244 g/mol. The number of carboxylic acid groups (broad SMARTS) is 1. The Morgan fingerprint density at radius 1 is 1.26 bits per heavy atom. The van der Waals surface area contributed by atoms with Gasteiger partial charge in [0.1, 0.15) is 5.54 Å². The quantitative estimate of drug-likeness (QED) is 0.862. The topological polar surface area (TPSA) is 79.3 Å². The Morgan fingerprint density at radius 3 is 2.58 bits per heavy atom. The third-order valence-electron chi connectivity index (χ3n) is 3.56. The zero-order valence-corrected chi connectivity index (χ0v) is 10.8. The van der Waals surface area contributed by atoms with Crippen LogP contribution >= 0.6 is 0 Å². The Morgan fingerprint density at radius 2 is 2.00 bits per heavy atom. The van der Waals surface area contributed by atoms with E-state index in [4.69, 9.17) is 0 Å². The van der Waals surface area contributed by atoms with E-state index in [0.29, 0.717) is 18.5 Å². The lowest BCUT2D eigenvalue weighted by Gasteiger charge is -2.33. The summed E-state index contributed by atoms with van der Waals surface area (Å²) >= 11 is 0. The lowest BCUT2D eigenvalue weighted by atomic mass is 9.81. The Bertz CT molecular complexity index is 453. The number of hydrogen-bond acceptors (Lipinski definition) is 3. The van der Waals surface area contributed by atoms with Crippen molar-refractivity contribution < 1.29 is 14.7 Å². The number of pyridine rings is 1. The van der Waals surface area contributed by atoms with Crippen molar-refractivity contribution in [1.82, 2.24) is 10.3 Å². The number of aromatic nitrogens is 1. The molecule has 1 saturated carbocycles. The molecule has 0 atom stereocenters. The van der Waals surface area contributed by atoms with Crippen molar-refractivity contribution in [2.24, 2.45) is 0 Å². The molecule has 2 N–H and O–H groups in total. The summed E-state index contributed by atoms with van der Waals surface area (Å²) in [6, 6.07) is 5.35. The molecule has 2 rings (SSSR count). The number of nitrogens with zero attached hydrogens (tertiary/aromatic N) is 1. The first-order chi connectivity index (χ1) is 9.12. The summed E-state index contributed by atoms with van der Waals surface area (Å²) in [5.74, 6) is -1.20. The predicted octanol–water partition coefficient (Wildman–Crippen LogP) is 1.53. The molecule has 1 fully saturated rings. The Hall–Kier alpha value is -1.91. The molecule has 0 aliphatic heterocycles. The van der Waals surface area contributed by atoms with Crippen LogP contribution in [-0.4, -0.2) is 27.5 Å². The number of hydrogen-bond donors (Lipinski definition) is 2. The van der Waals surface area contributed by atoms with Crippen molar-refractivity contribution in [2.45, 2.75) is 44.1 Å². The van der Waals surface area contributed by atoms with E-state index >= 15 is 0 Å². The predicted molar refractivity (Wildman–Crippen MR) is 69.5 cm³/mol. The lowest BCUT2D eigenvalue weighted by molar-refractivity contribution is -0.149. The normalized spacial score (nSPS) is 17.7. The first-order valence-corrected chi connectivity index (χ1v) is 6.57. The van der Waals surface area contributed by atoms with Crippen LogP contribution in [-0.2, 0) is 16.0 Å². The van der Waals surface area contributed by atoms with Crippen molar-refractivity contribution in [3.8, 4) is 0 Å². The van der Waals surface area contributed by atoms with Gasteiger partial charge in [-0.05, 0) is 25.0 Å². The van der Waals surface area contributed by atoms with E-state index in [9.17, 15) is 14.7 Å². The average Bonchev–Trinajstić information content (AvgIpc) is 2.40. The molecule has 0 aromatic carbocycles. The van der Waals surface area contributed by atoms with Crippen molar-refractivity contribution in [2.75, 3.05) is 0 Å². The Kier molecular flexibility index (Phi) is 4.14. The molecule has 102 valence electrons. The summed E-state index contributed by atoms with van der Waals surface area (Å²) < 4.78 is 0. The van der Waals surface area contributed by atoms with Gasteiger partial charge in [-0.1, -0.05) is 25.3 Å². The minimum absolute atomic E-state index is 0.121. The lowest BCUT2D eigenvalue weighted by Crippen LogP contribution is -2.56. The first-order valence-electron chi connectivity index (χ1n) is 6.57. The molecule has 5 nitrogen and oxygen atoms in total. The smallest absolute Gasteiger partial charge is 0.329 e. The van der Waals surface area contributed by atoms with Gasteiger partial charge in [-0.2, -0.15) is 0 Å². The van der Waals surface area contributed by atoms with Gasteiger partial charge in [0.25, 0.3) is 0 Å². The van der Waals surface area contributed by atoms with Gasteiger partial charge < -0.3 is 10.4 Å². The fraction of sp³-hybridized carbons (Fsp3) is 0.500. The van der Waals surface area contributed by atoms with Gasteiger partial charge in [0.2, 0.25) is 5.91 Å². The third kappa shape index (κ3) is 3.30. The molecule has 0 unspecified atom stereocenters. The maximum Gasteiger partial charge on any atom is 0.329 e. The molecule has 1 amide bonds. The van der Waals surface area contributed by atoms with Crippen LogP contribution in [0.25, 0.3) is 0 Å².